The van der Waals surface area contributed by atoms with E-state index in [4.69, 9.17) is 20.1 Å². The van der Waals surface area contributed by atoms with Gasteiger partial charge in [-0.25, -0.2) is 0 Å². The normalized spacial score (nSPS) is 8.86. The number of aliphatic hydroxyl groups is 2. The SMILES string of the molecule is CCO.COc1cc(CO)ccc1O. The Balaban J connectivity index is 0.000000500. The van der Waals surface area contributed by atoms with Crippen LogP contribution in [-0.4, -0.2) is 29.0 Å². The van der Waals surface area contributed by atoms with E-state index < -0.39 is 0 Å². The van der Waals surface area contributed by atoms with E-state index in [0.29, 0.717) is 5.75 Å². The minimum atomic E-state index is -0.0450. The molecule has 0 spiro atoms. The summed E-state index contributed by atoms with van der Waals surface area (Å²) in [5, 5.41) is 25.4. The molecule has 0 atom stereocenters. The van der Waals surface area contributed by atoms with Gasteiger partial charge in [0.1, 0.15) is 0 Å². The van der Waals surface area contributed by atoms with Crippen molar-refractivity contribution in [1.82, 2.24) is 0 Å². The number of phenols is 1. The maximum Gasteiger partial charge on any atom is 0.160 e. The Bertz CT molecular complexity index is 260. The molecule has 80 valence electrons. The molecule has 0 amide bonds. The van der Waals surface area contributed by atoms with Gasteiger partial charge in [0.05, 0.1) is 13.7 Å². The van der Waals surface area contributed by atoms with Gasteiger partial charge >= 0.3 is 0 Å². The molecule has 0 saturated heterocycles. The van der Waals surface area contributed by atoms with Crippen molar-refractivity contribution in [3.8, 4) is 11.5 Å². The van der Waals surface area contributed by atoms with Gasteiger partial charge in [0.25, 0.3) is 0 Å². The molecule has 0 heterocycles. The molecule has 0 unspecified atom stereocenters. The van der Waals surface area contributed by atoms with Crippen LogP contribution in [-0.2, 0) is 6.61 Å². The molecule has 0 aliphatic heterocycles. The van der Waals surface area contributed by atoms with Crippen molar-refractivity contribution >= 4 is 0 Å². The van der Waals surface area contributed by atoms with Gasteiger partial charge in [-0.2, -0.15) is 0 Å². The highest BCUT2D eigenvalue weighted by molar-refractivity contribution is 5.41. The summed E-state index contributed by atoms with van der Waals surface area (Å²) in [6.07, 6.45) is 0. The smallest absolute Gasteiger partial charge is 0.160 e. The highest BCUT2D eigenvalue weighted by atomic mass is 16.5. The fourth-order valence-electron chi connectivity index (χ4n) is 0.820. The molecule has 0 aromatic heterocycles. The van der Waals surface area contributed by atoms with Crippen LogP contribution >= 0.6 is 0 Å². The van der Waals surface area contributed by atoms with E-state index in [2.05, 4.69) is 0 Å². The van der Waals surface area contributed by atoms with Gasteiger partial charge in [-0.3, -0.25) is 0 Å². The lowest BCUT2D eigenvalue weighted by Crippen LogP contribution is -1.87. The first kappa shape index (κ1) is 12.7. The van der Waals surface area contributed by atoms with Gasteiger partial charge in [-0.1, -0.05) is 6.07 Å². The molecule has 0 aliphatic carbocycles. The van der Waals surface area contributed by atoms with E-state index in [1.54, 1.807) is 19.1 Å². The quantitative estimate of drug-likeness (QED) is 0.663. The molecule has 0 bridgehead atoms. The molecule has 0 fully saturated rings. The molecule has 1 rings (SSSR count). The lowest BCUT2D eigenvalue weighted by molar-refractivity contribution is 0.280. The number of ether oxygens (including phenoxy) is 1. The second-order valence-electron chi connectivity index (χ2n) is 2.48. The molecule has 0 radical (unpaired) electrons. The predicted octanol–water partition coefficient (Wildman–Crippen LogP) is 0.892. The zero-order valence-electron chi connectivity index (χ0n) is 8.40. The van der Waals surface area contributed by atoms with Crippen molar-refractivity contribution in [3.05, 3.63) is 23.8 Å². The van der Waals surface area contributed by atoms with Crippen LogP contribution in [0.5, 0.6) is 11.5 Å². The van der Waals surface area contributed by atoms with Crippen molar-refractivity contribution in [3.63, 3.8) is 0 Å². The number of aromatic hydroxyl groups is 1. The van der Waals surface area contributed by atoms with Gasteiger partial charge in [0.2, 0.25) is 0 Å². The maximum atomic E-state index is 9.12. The molecule has 0 aliphatic rings. The first-order valence-electron chi connectivity index (χ1n) is 4.27. The van der Waals surface area contributed by atoms with Crippen LogP contribution in [0.4, 0.5) is 0 Å². The Morgan fingerprint density at radius 2 is 1.86 bits per heavy atom. The zero-order valence-corrected chi connectivity index (χ0v) is 8.40. The fourth-order valence-corrected chi connectivity index (χ4v) is 0.820. The highest BCUT2D eigenvalue weighted by Gasteiger charge is 2.00. The van der Waals surface area contributed by atoms with E-state index in [1.165, 1.54) is 13.2 Å². The molecule has 0 saturated carbocycles. The van der Waals surface area contributed by atoms with Crippen molar-refractivity contribution in [2.75, 3.05) is 13.7 Å². The summed E-state index contributed by atoms with van der Waals surface area (Å²) in [7, 11) is 1.47. The van der Waals surface area contributed by atoms with Crippen LogP contribution in [0.15, 0.2) is 18.2 Å². The van der Waals surface area contributed by atoms with E-state index in [9.17, 15) is 0 Å². The fraction of sp³-hybridized carbons (Fsp3) is 0.400. The second kappa shape index (κ2) is 7.17. The predicted molar refractivity (Wildman–Crippen MR) is 53.3 cm³/mol. The molecule has 14 heavy (non-hydrogen) atoms. The minimum Gasteiger partial charge on any atom is -0.504 e. The maximum absolute atomic E-state index is 9.12. The van der Waals surface area contributed by atoms with E-state index >= 15 is 0 Å². The number of hydrogen-bond donors (Lipinski definition) is 3. The molecular weight excluding hydrogens is 184 g/mol. The number of benzene rings is 1. The number of aliphatic hydroxyl groups excluding tert-OH is 2. The first-order chi connectivity index (χ1) is 6.69. The highest BCUT2D eigenvalue weighted by Crippen LogP contribution is 2.25. The molecule has 4 heteroatoms. The summed E-state index contributed by atoms with van der Waals surface area (Å²) in [6.45, 7) is 1.89. The minimum absolute atomic E-state index is 0.0450. The lowest BCUT2D eigenvalue weighted by Gasteiger charge is -2.03. The van der Waals surface area contributed by atoms with Crippen LogP contribution in [0.3, 0.4) is 0 Å². The Kier molecular flexibility index (Phi) is 6.53. The number of methoxy groups -OCH3 is 1. The first-order valence-corrected chi connectivity index (χ1v) is 4.27. The Hall–Kier alpha value is -1.26. The second-order valence-corrected chi connectivity index (χ2v) is 2.48. The number of rotatable bonds is 2. The molecule has 4 nitrogen and oxygen atoms in total. The monoisotopic (exact) mass is 200 g/mol. The van der Waals surface area contributed by atoms with Gasteiger partial charge < -0.3 is 20.1 Å². The Labute approximate surface area is 83.4 Å². The van der Waals surface area contributed by atoms with Gasteiger partial charge in [-0.05, 0) is 24.6 Å². The van der Waals surface area contributed by atoms with Crippen molar-refractivity contribution < 1.29 is 20.1 Å². The summed E-state index contributed by atoms with van der Waals surface area (Å²) < 4.78 is 4.83. The molecule has 1 aromatic carbocycles. The van der Waals surface area contributed by atoms with Crippen LogP contribution in [0.1, 0.15) is 12.5 Å². The third-order valence-corrected chi connectivity index (χ3v) is 1.43. The largest absolute Gasteiger partial charge is 0.504 e. The summed E-state index contributed by atoms with van der Waals surface area (Å²) >= 11 is 0. The van der Waals surface area contributed by atoms with Crippen molar-refractivity contribution in [1.29, 1.82) is 0 Å². The van der Waals surface area contributed by atoms with E-state index in [0.717, 1.165) is 5.56 Å². The number of hydrogen-bond acceptors (Lipinski definition) is 4. The van der Waals surface area contributed by atoms with Crippen molar-refractivity contribution in [2.24, 2.45) is 0 Å². The molecule has 3 N–H and O–H groups in total. The van der Waals surface area contributed by atoms with Gasteiger partial charge in [-0.15, -0.1) is 0 Å². The van der Waals surface area contributed by atoms with Gasteiger partial charge in [0, 0.05) is 6.61 Å². The van der Waals surface area contributed by atoms with Crippen molar-refractivity contribution in [2.45, 2.75) is 13.5 Å². The summed E-state index contributed by atoms with van der Waals surface area (Å²) in [6, 6.07) is 4.72. The zero-order chi connectivity index (χ0) is 11.0. The third kappa shape index (κ3) is 4.11. The van der Waals surface area contributed by atoms with E-state index in [-0.39, 0.29) is 19.0 Å². The molecular formula is C10H16O4. The topological polar surface area (TPSA) is 69.9 Å². The summed E-state index contributed by atoms with van der Waals surface area (Å²) in [4.78, 5) is 0. The number of phenolic OH excluding ortho intramolecular Hbond substituents is 1. The summed E-state index contributed by atoms with van der Waals surface area (Å²) in [5.41, 5.74) is 0.722. The average Bonchev–Trinajstić information content (AvgIpc) is 2.20. The molecule has 1 aromatic rings. The van der Waals surface area contributed by atoms with Crippen LogP contribution < -0.4 is 4.74 Å². The summed E-state index contributed by atoms with van der Waals surface area (Å²) in [5.74, 6) is 0.473. The Morgan fingerprint density at radius 1 is 1.29 bits per heavy atom. The third-order valence-electron chi connectivity index (χ3n) is 1.43. The average molecular weight is 200 g/mol. The van der Waals surface area contributed by atoms with Crippen LogP contribution in [0.2, 0.25) is 0 Å². The van der Waals surface area contributed by atoms with E-state index in [1.807, 2.05) is 0 Å². The van der Waals surface area contributed by atoms with Gasteiger partial charge in [0.15, 0.2) is 11.5 Å². The standard InChI is InChI=1S/C8H10O3.C2H6O/c1-11-8-4-6(5-9)2-3-7(8)10;1-2-3/h2-4,9-10H,5H2,1H3;3H,2H2,1H3. The lowest BCUT2D eigenvalue weighted by atomic mass is 10.2. The van der Waals surface area contributed by atoms with Crippen LogP contribution in [0.25, 0.3) is 0 Å². The Morgan fingerprint density at radius 3 is 2.29 bits per heavy atom. The van der Waals surface area contributed by atoms with Crippen LogP contribution in [0, 0.1) is 0 Å².